The molecule has 0 heterocycles. The Morgan fingerprint density at radius 3 is 2.38 bits per heavy atom. The van der Waals surface area contributed by atoms with Crippen LogP contribution in [0.15, 0.2) is 46.9 Å². The molecule has 4 heteroatoms. The third-order valence-electron chi connectivity index (χ3n) is 3.43. The molecule has 0 fully saturated rings. The van der Waals surface area contributed by atoms with Crippen molar-refractivity contribution >= 4 is 39.1 Å². The molecule has 21 heavy (non-hydrogen) atoms. The van der Waals surface area contributed by atoms with Gasteiger partial charge in [0, 0.05) is 15.4 Å². The number of alkyl halides is 1. The van der Waals surface area contributed by atoms with Crippen molar-refractivity contribution in [1.82, 2.24) is 0 Å². The lowest BCUT2D eigenvalue weighted by atomic mass is 9.94. The van der Waals surface area contributed by atoms with Crippen LogP contribution in [0.5, 0.6) is 5.75 Å². The van der Waals surface area contributed by atoms with Crippen molar-refractivity contribution in [3.63, 3.8) is 0 Å². The number of ether oxygens (including phenoxy) is 1. The van der Waals surface area contributed by atoms with E-state index >= 15 is 0 Å². The molecule has 1 atom stereocenters. The van der Waals surface area contributed by atoms with Crippen LogP contribution in [-0.2, 0) is 12.8 Å². The van der Waals surface area contributed by atoms with E-state index in [2.05, 4.69) is 34.1 Å². The predicted molar refractivity (Wildman–Crippen MR) is 93.8 cm³/mol. The number of hydrogen-bond donors (Lipinski definition) is 0. The van der Waals surface area contributed by atoms with Gasteiger partial charge in [-0.1, -0.05) is 45.7 Å². The number of hydrogen-bond acceptors (Lipinski definition) is 1. The van der Waals surface area contributed by atoms with Gasteiger partial charge in [0.2, 0.25) is 0 Å². The molecule has 0 aliphatic rings. The highest BCUT2D eigenvalue weighted by Crippen LogP contribution is 2.25. The summed E-state index contributed by atoms with van der Waals surface area (Å²) in [5.74, 6) is 1.84. The summed E-state index contributed by atoms with van der Waals surface area (Å²) in [6.07, 6.45) is 1.81. The maximum Gasteiger partial charge on any atom is 0.118 e. The number of methoxy groups -OCH3 is 1. The summed E-state index contributed by atoms with van der Waals surface area (Å²) in [6.45, 7) is 0. The Labute approximate surface area is 144 Å². The highest BCUT2D eigenvalue weighted by atomic mass is 79.9. The first-order valence-corrected chi connectivity index (χ1v) is 8.45. The van der Waals surface area contributed by atoms with Gasteiger partial charge in [-0.25, -0.2) is 0 Å². The first-order chi connectivity index (χ1) is 10.1. The highest BCUT2D eigenvalue weighted by molar-refractivity contribution is 9.10. The SMILES string of the molecule is COc1ccc(CC(CCl)Cc2ccc(Br)cc2Cl)cc1. The van der Waals surface area contributed by atoms with Crippen molar-refractivity contribution in [3.05, 3.63) is 63.1 Å². The molecule has 2 rings (SSSR count). The summed E-state index contributed by atoms with van der Waals surface area (Å²) in [5, 5.41) is 0.786. The van der Waals surface area contributed by atoms with Gasteiger partial charge in [-0.2, -0.15) is 0 Å². The lowest BCUT2D eigenvalue weighted by Crippen LogP contribution is -2.10. The Bertz CT molecular complexity index is 584. The van der Waals surface area contributed by atoms with Crippen LogP contribution in [0.3, 0.4) is 0 Å². The van der Waals surface area contributed by atoms with Gasteiger partial charge in [0.1, 0.15) is 5.75 Å². The molecular formula is C17H17BrCl2O. The molecular weight excluding hydrogens is 371 g/mol. The zero-order valence-corrected chi connectivity index (χ0v) is 14.9. The van der Waals surface area contributed by atoms with Gasteiger partial charge in [-0.05, 0) is 54.2 Å². The fourth-order valence-corrected chi connectivity index (χ4v) is 3.24. The normalized spacial score (nSPS) is 12.2. The van der Waals surface area contributed by atoms with Crippen LogP contribution in [0.2, 0.25) is 5.02 Å². The monoisotopic (exact) mass is 386 g/mol. The van der Waals surface area contributed by atoms with E-state index in [1.54, 1.807) is 7.11 Å². The molecule has 0 N–H and O–H groups in total. The Morgan fingerprint density at radius 1 is 1.10 bits per heavy atom. The van der Waals surface area contributed by atoms with E-state index in [1.807, 2.05) is 24.3 Å². The molecule has 0 amide bonds. The quantitative estimate of drug-likeness (QED) is 0.573. The molecule has 2 aromatic carbocycles. The minimum atomic E-state index is 0.360. The smallest absolute Gasteiger partial charge is 0.118 e. The molecule has 0 radical (unpaired) electrons. The van der Waals surface area contributed by atoms with Crippen LogP contribution in [0, 0.1) is 5.92 Å². The van der Waals surface area contributed by atoms with Crippen LogP contribution in [-0.4, -0.2) is 13.0 Å². The van der Waals surface area contributed by atoms with Gasteiger partial charge in [0.25, 0.3) is 0 Å². The van der Waals surface area contributed by atoms with Crippen molar-refractivity contribution in [2.75, 3.05) is 13.0 Å². The summed E-state index contributed by atoms with van der Waals surface area (Å²) < 4.78 is 6.17. The van der Waals surface area contributed by atoms with Crippen molar-refractivity contribution in [1.29, 1.82) is 0 Å². The van der Waals surface area contributed by atoms with E-state index in [4.69, 9.17) is 27.9 Å². The van der Waals surface area contributed by atoms with Gasteiger partial charge >= 0.3 is 0 Å². The van der Waals surface area contributed by atoms with Crippen molar-refractivity contribution in [2.24, 2.45) is 5.92 Å². The Morgan fingerprint density at radius 2 is 1.81 bits per heavy atom. The van der Waals surface area contributed by atoms with Gasteiger partial charge < -0.3 is 4.74 Å². The van der Waals surface area contributed by atoms with Crippen molar-refractivity contribution < 1.29 is 4.74 Å². The fourth-order valence-electron chi connectivity index (χ4n) is 2.27. The summed E-state index contributed by atoms with van der Waals surface area (Å²) in [7, 11) is 1.67. The first-order valence-electron chi connectivity index (χ1n) is 6.75. The summed E-state index contributed by atoms with van der Waals surface area (Å²) in [6, 6.07) is 14.1. The zero-order valence-electron chi connectivity index (χ0n) is 11.8. The van der Waals surface area contributed by atoms with E-state index in [-0.39, 0.29) is 0 Å². The number of halogens is 3. The van der Waals surface area contributed by atoms with Gasteiger partial charge in [-0.3, -0.25) is 0 Å². The van der Waals surface area contributed by atoms with Crippen molar-refractivity contribution in [3.8, 4) is 5.75 Å². The van der Waals surface area contributed by atoms with Gasteiger partial charge in [0.05, 0.1) is 7.11 Å². The second kappa shape index (κ2) is 8.07. The Kier molecular flexibility index (Phi) is 6.40. The highest BCUT2D eigenvalue weighted by Gasteiger charge is 2.12. The zero-order chi connectivity index (χ0) is 15.2. The summed E-state index contributed by atoms with van der Waals surface area (Å²) in [5.41, 5.74) is 2.40. The Balaban J connectivity index is 2.05. The van der Waals surface area contributed by atoms with Crippen LogP contribution in [0.25, 0.3) is 0 Å². The largest absolute Gasteiger partial charge is 0.497 e. The molecule has 1 unspecified atom stereocenters. The standard InChI is InChI=1S/C17H17BrCl2O/c1-21-16-6-2-12(3-7-16)8-13(11-19)9-14-4-5-15(18)10-17(14)20/h2-7,10,13H,8-9,11H2,1H3. The molecule has 112 valence electrons. The molecule has 0 spiro atoms. The van der Waals surface area contributed by atoms with Crippen LogP contribution in [0.1, 0.15) is 11.1 Å². The summed E-state index contributed by atoms with van der Waals surface area (Å²) in [4.78, 5) is 0. The Hall–Kier alpha value is -0.700. The predicted octanol–water partition coefficient (Wildman–Crippen LogP) is 5.75. The average molecular weight is 388 g/mol. The van der Waals surface area contributed by atoms with E-state index in [0.29, 0.717) is 11.8 Å². The molecule has 0 saturated carbocycles. The summed E-state index contributed by atoms with van der Waals surface area (Å²) >= 11 is 15.8. The van der Waals surface area contributed by atoms with E-state index < -0.39 is 0 Å². The van der Waals surface area contributed by atoms with Crippen LogP contribution in [0.4, 0.5) is 0 Å². The van der Waals surface area contributed by atoms with Crippen molar-refractivity contribution in [2.45, 2.75) is 12.8 Å². The molecule has 0 aliphatic carbocycles. The molecule has 0 saturated heterocycles. The van der Waals surface area contributed by atoms with Crippen LogP contribution >= 0.6 is 39.1 Å². The first kappa shape index (κ1) is 16.7. The average Bonchev–Trinajstić information content (AvgIpc) is 2.49. The minimum Gasteiger partial charge on any atom is -0.497 e. The van der Waals surface area contributed by atoms with E-state index in [9.17, 15) is 0 Å². The van der Waals surface area contributed by atoms with Crippen LogP contribution < -0.4 is 4.74 Å². The third kappa shape index (κ3) is 4.91. The lowest BCUT2D eigenvalue weighted by Gasteiger charge is -2.15. The van der Waals surface area contributed by atoms with E-state index in [1.165, 1.54) is 5.56 Å². The van der Waals surface area contributed by atoms with E-state index in [0.717, 1.165) is 33.6 Å². The van der Waals surface area contributed by atoms with Gasteiger partial charge in [0.15, 0.2) is 0 Å². The maximum absolute atomic E-state index is 6.28. The topological polar surface area (TPSA) is 9.23 Å². The molecule has 1 nitrogen and oxygen atoms in total. The molecule has 2 aromatic rings. The minimum absolute atomic E-state index is 0.360. The number of rotatable bonds is 6. The lowest BCUT2D eigenvalue weighted by molar-refractivity contribution is 0.414. The maximum atomic E-state index is 6.28. The van der Waals surface area contributed by atoms with Gasteiger partial charge in [-0.15, -0.1) is 11.6 Å². The second-order valence-corrected chi connectivity index (χ2v) is 6.64. The second-order valence-electron chi connectivity index (χ2n) is 5.01. The third-order valence-corrected chi connectivity index (χ3v) is 4.71. The molecule has 0 aliphatic heterocycles. The number of benzene rings is 2. The fraction of sp³-hybridized carbons (Fsp3) is 0.294. The molecule has 0 aromatic heterocycles. The molecule has 0 bridgehead atoms.